The first-order valence-electron chi connectivity index (χ1n) is 20.4. The average molecular weight is 753 g/mol. The second-order valence-corrected chi connectivity index (χ2v) is 15.6. The van der Waals surface area contributed by atoms with Crippen LogP contribution in [0.2, 0.25) is 0 Å². The Labute approximate surface area is 343 Å². The second kappa shape index (κ2) is 14.1. The quantitative estimate of drug-likeness (QED) is 0.124. The molecule has 278 valence electrons. The van der Waals surface area contributed by atoms with Crippen LogP contribution in [0.3, 0.4) is 0 Å². The van der Waals surface area contributed by atoms with Gasteiger partial charge in [0.05, 0.1) is 16.9 Å². The number of rotatable bonds is 7. The molecule has 11 rings (SSSR count). The largest absolute Gasteiger partial charge is 0.309 e. The third-order valence-electron chi connectivity index (χ3n) is 12.2. The number of allylic oxidation sites excluding steroid dienone is 4. The van der Waals surface area contributed by atoms with Gasteiger partial charge in [0.25, 0.3) is 0 Å². The lowest BCUT2D eigenvalue weighted by Gasteiger charge is -2.19. The van der Waals surface area contributed by atoms with Gasteiger partial charge in [0.15, 0.2) is 0 Å². The van der Waals surface area contributed by atoms with E-state index >= 15 is 0 Å². The highest BCUT2D eigenvalue weighted by Crippen LogP contribution is 2.46. The molecule has 0 atom stereocenters. The van der Waals surface area contributed by atoms with Crippen LogP contribution in [0, 0.1) is 5.41 Å². The summed E-state index contributed by atoms with van der Waals surface area (Å²) in [6.07, 6.45) is 10.1. The van der Waals surface area contributed by atoms with Crippen LogP contribution in [0.1, 0.15) is 24.1 Å². The van der Waals surface area contributed by atoms with Gasteiger partial charge in [-0.25, -0.2) is 0 Å². The van der Waals surface area contributed by atoms with Crippen LogP contribution >= 0.6 is 0 Å². The Morgan fingerprint density at radius 1 is 0.508 bits per heavy atom. The standard InChI is InChI=1S/C57H40N2/c1-2-52-56(57(58)39-17-5-3-6-18-39)51-36-43(30-32-53(51)59(52)46-21-7-4-8-22-46)42-29-31-49-50(35-42)55(45-28-26-38-16-10-12-20-41(38)34-45)48-24-14-13-23-47(48)54(49)44-27-25-37-15-9-11-19-40(37)33-44/h2-5,7-17,19-36,58H,1,6,18H2. The number of benzene rings is 9. The third-order valence-corrected chi connectivity index (χ3v) is 12.2. The SMILES string of the molecule is C=Cc1c(C(=N)C2=CC=CCC2)c2cc(-c3ccc4c(-c5ccc6ccccc6c5)c5ccccc5c(-c5ccc6ccccc6c5)c4c3)ccc2n1-c1ccccc1. The first-order chi connectivity index (χ1) is 29.1. The topological polar surface area (TPSA) is 28.8 Å². The Hall–Kier alpha value is -7.55. The van der Waals surface area contributed by atoms with Gasteiger partial charge < -0.3 is 4.57 Å². The van der Waals surface area contributed by atoms with Crippen LogP contribution in [0.4, 0.5) is 0 Å². The molecule has 0 radical (unpaired) electrons. The van der Waals surface area contributed by atoms with E-state index in [0.29, 0.717) is 5.71 Å². The maximum Gasteiger partial charge on any atom is 0.0672 e. The second-order valence-electron chi connectivity index (χ2n) is 15.6. The number of aromatic nitrogens is 1. The lowest BCUT2D eigenvalue weighted by molar-refractivity contribution is 1.000. The molecule has 1 aliphatic carbocycles. The first kappa shape index (κ1) is 34.7. The normalized spacial score (nSPS) is 12.8. The molecule has 1 heterocycles. The van der Waals surface area contributed by atoms with Crippen LogP contribution in [0.15, 0.2) is 206 Å². The molecule has 0 amide bonds. The summed E-state index contributed by atoms with van der Waals surface area (Å²) in [5.41, 5.74) is 12.7. The Morgan fingerprint density at radius 2 is 1.05 bits per heavy atom. The first-order valence-corrected chi connectivity index (χ1v) is 20.4. The van der Waals surface area contributed by atoms with Crippen LogP contribution < -0.4 is 0 Å². The minimum absolute atomic E-state index is 0.560. The van der Waals surface area contributed by atoms with Gasteiger partial charge in [0.1, 0.15) is 0 Å². The van der Waals surface area contributed by atoms with Crippen molar-refractivity contribution < 1.29 is 0 Å². The zero-order valence-electron chi connectivity index (χ0n) is 32.6. The molecular weight excluding hydrogens is 713 g/mol. The van der Waals surface area contributed by atoms with Gasteiger partial charge in [-0.3, -0.25) is 5.41 Å². The summed E-state index contributed by atoms with van der Waals surface area (Å²) in [4.78, 5) is 0. The van der Waals surface area contributed by atoms with Crippen molar-refractivity contribution in [3.05, 3.63) is 218 Å². The Kier molecular flexibility index (Phi) is 8.30. The molecule has 9 aromatic carbocycles. The molecule has 0 bridgehead atoms. The van der Waals surface area contributed by atoms with Crippen molar-refractivity contribution in [2.75, 3.05) is 0 Å². The minimum atomic E-state index is 0.560. The van der Waals surface area contributed by atoms with Crippen LogP contribution in [-0.4, -0.2) is 10.3 Å². The van der Waals surface area contributed by atoms with Crippen molar-refractivity contribution in [3.63, 3.8) is 0 Å². The highest BCUT2D eigenvalue weighted by molar-refractivity contribution is 6.23. The predicted octanol–water partition coefficient (Wildman–Crippen LogP) is 15.5. The molecule has 0 saturated heterocycles. The average Bonchev–Trinajstić information content (AvgIpc) is 3.64. The zero-order valence-corrected chi connectivity index (χ0v) is 32.6. The Bertz CT molecular complexity index is 3410. The van der Waals surface area contributed by atoms with Gasteiger partial charge >= 0.3 is 0 Å². The van der Waals surface area contributed by atoms with Gasteiger partial charge in [0.2, 0.25) is 0 Å². The smallest absolute Gasteiger partial charge is 0.0672 e. The Balaban J connectivity index is 1.20. The monoisotopic (exact) mass is 752 g/mol. The van der Waals surface area contributed by atoms with E-state index in [9.17, 15) is 5.41 Å². The summed E-state index contributed by atoms with van der Waals surface area (Å²) in [5.74, 6) is 0. The van der Waals surface area contributed by atoms with E-state index in [-0.39, 0.29) is 0 Å². The van der Waals surface area contributed by atoms with E-state index in [0.717, 1.165) is 57.4 Å². The molecule has 0 saturated carbocycles. The molecule has 0 aliphatic heterocycles. The highest BCUT2D eigenvalue weighted by atomic mass is 15.0. The van der Waals surface area contributed by atoms with Crippen molar-refractivity contribution >= 4 is 65.8 Å². The molecule has 2 nitrogen and oxygen atoms in total. The van der Waals surface area contributed by atoms with E-state index in [1.807, 2.05) is 12.1 Å². The van der Waals surface area contributed by atoms with Gasteiger partial charge in [-0.1, -0.05) is 158 Å². The van der Waals surface area contributed by atoms with E-state index in [4.69, 9.17) is 0 Å². The molecule has 1 N–H and O–H groups in total. The number of hydrogen-bond acceptors (Lipinski definition) is 1. The fourth-order valence-corrected chi connectivity index (χ4v) is 9.44. The molecule has 1 aliphatic rings. The summed E-state index contributed by atoms with van der Waals surface area (Å²) in [6, 6.07) is 64.2. The van der Waals surface area contributed by atoms with Crippen LogP contribution in [-0.2, 0) is 0 Å². The summed E-state index contributed by atoms with van der Waals surface area (Å²) in [6.45, 7) is 4.30. The Morgan fingerprint density at radius 3 is 1.68 bits per heavy atom. The van der Waals surface area contributed by atoms with E-state index < -0.39 is 0 Å². The summed E-state index contributed by atoms with van der Waals surface area (Å²) in [7, 11) is 0. The van der Waals surface area contributed by atoms with Crippen molar-refractivity contribution in [2.45, 2.75) is 12.8 Å². The van der Waals surface area contributed by atoms with Crippen LogP contribution in [0.5, 0.6) is 0 Å². The lowest BCUT2D eigenvalue weighted by Crippen LogP contribution is -2.07. The highest BCUT2D eigenvalue weighted by Gasteiger charge is 2.23. The summed E-state index contributed by atoms with van der Waals surface area (Å²) >= 11 is 0. The lowest BCUT2D eigenvalue weighted by atomic mass is 9.84. The van der Waals surface area contributed by atoms with E-state index in [2.05, 4.69) is 199 Å². The zero-order chi connectivity index (χ0) is 39.5. The maximum atomic E-state index is 9.66. The van der Waals surface area contributed by atoms with E-state index in [1.54, 1.807) is 0 Å². The van der Waals surface area contributed by atoms with Crippen molar-refractivity contribution in [1.82, 2.24) is 4.57 Å². The fourth-order valence-electron chi connectivity index (χ4n) is 9.44. The van der Waals surface area contributed by atoms with Gasteiger partial charge in [-0.15, -0.1) is 0 Å². The van der Waals surface area contributed by atoms with Gasteiger partial charge in [-0.05, 0) is 143 Å². The minimum Gasteiger partial charge on any atom is -0.309 e. The molecular formula is C57H40N2. The van der Waals surface area contributed by atoms with E-state index in [1.165, 1.54) is 65.3 Å². The van der Waals surface area contributed by atoms with Gasteiger partial charge in [-0.2, -0.15) is 0 Å². The van der Waals surface area contributed by atoms with Crippen molar-refractivity contribution in [3.8, 4) is 39.1 Å². The van der Waals surface area contributed by atoms with Crippen LogP contribution in [0.25, 0.3) is 99.1 Å². The molecule has 0 unspecified atom stereocenters. The maximum absolute atomic E-state index is 9.66. The molecule has 59 heavy (non-hydrogen) atoms. The molecule has 0 fully saturated rings. The number of hydrogen-bond donors (Lipinski definition) is 1. The summed E-state index contributed by atoms with van der Waals surface area (Å²) < 4.78 is 2.26. The van der Waals surface area contributed by atoms with Gasteiger partial charge in [0, 0.05) is 16.6 Å². The number of nitrogens with one attached hydrogen (secondary N) is 1. The fraction of sp³-hybridized carbons (Fsp3) is 0.0351. The molecule has 0 spiro atoms. The molecule has 2 heteroatoms. The van der Waals surface area contributed by atoms with Crippen molar-refractivity contribution in [2.24, 2.45) is 0 Å². The number of fused-ring (bicyclic) bond motifs is 5. The predicted molar refractivity (Wildman–Crippen MR) is 253 cm³/mol. The molecule has 1 aromatic heterocycles. The number of nitrogens with zero attached hydrogens (tertiary/aromatic N) is 1. The number of para-hydroxylation sites is 1. The third kappa shape index (κ3) is 5.76. The summed E-state index contributed by atoms with van der Waals surface area (Å²) in [5, 5.41) is 20.5. The molecule has 10 aromatic rings. The van der Waals surface area contributed by atoms with Crippen molar-refractivity contribution in [1.29, 1.82) is 5.41 Å².